The number of hydrogen-bond acceptors (Lipinski definition) is 3. The van der Waals surface area contributed by atoms with Gasteiger partial charge in [-0.2, -0.15) is 5.10 Å². The fourth-order valence-corrected chi connectivity index (χ4v) is 1.27. The van der Waals surface area contributed by atoms with Crippen LogP contribution in [-0.4, -0.2) is 19.7 Å². The number of aromatic nitrogens is 4. The largest absolute Gasteiger partial charge is 0.267 e. The van der Waals surface area contributed by atoms with Gasteiger partial charge in [-0.15, -0.1) is 0 Å². The Hall–Kier alpha value is -1.71. The van der Waals surface area contributed by atoms with Gasteiger partial charge >= 0.3 is 0 Å². The zero-order chi connectivity index (χ0) is 10.9. The summed E-state index contributed by atoms with van der Waals surface area (Å²) in [5.74, 6) is 0. The third-order valence-corrected chi connectivity index (χ3v) is 2.13. The molecule has 0 aliphatic carbocycles. The molecule has 0 aromatic carbocycles. The van der Waals surface area contributed by atoms with E-state index in [-0.39, 0.29) is 5.54 Å². The van der Waals surface area contributed by atoms with E-state index in [2.05, 4.69) is 35.8 Å². The van der Waals surface area contributed by atoms with Crippen molar-refractivity contribution in [3.8, 4) is 11.3 Å². The minimum atomic E-state index is 0.000455. The summed E-state index contributed by atoms with van der Waals surface area (Å²) in [7, 11) is 0. The van der Waals surface area contributed by atoms with E-state index in [0.29, 0.717) is 0 Å². The van der Waals surface area contributed by atoms with Gasteiger partial charge in [0, 0.05) is 24.2 Å². The quantitative estimate of drug-likeness (QED) is 0.711. The molecule has 0 saturated heterocycles. The summed E-state index contributed by atoms with van der Waals surface area (Å²) in [5.41, 5.74) is 1.85. The first-order valence-electron chi connectivity index (χ1n) is 4.89. The zero-order valence-electron chi connectivity index (χ0n) is 9.18. The molecule has 0 spiro atoms. The lowest BCUT2D eigenvalue weighted by molar-refractivity contribution is 0.355. The molecule has 4 heteroatoms. The highest BCUT2D eigenvalue weighted by molar-refractivity contribution is 5.55. The van der Waals surface area contributed by atoms with Gasteiger partial charge in [0.05, 0.1) is 23.6 Å². The van der Waals surface area contributed by atoms with E-state index in [0.717, 1.165) is 11.3 Å². The fourth-order valence-electron chi connectivity index (χ4n) is 1.27. The highest BCUT2D eigenvalue weighted by Crippen LogP contribution is 2.19. The third kappa shape index (κ3) is 2.03. The molecule has 4 nitrogen and oxygen atoms in total. The molecule has 2 aromatic rings. The van der Waals surface area contributed by atoms with Crippen molar-refractivity contribution in [3.63, 3.8) is 0 Å². The molecule has 2 heterocycles. The fraction of sp³-hybridized carbons (Fsp3) is 0.364. The summed E-state index contributed by atoms with van der Waals surface area (Å²) in [4.78, 5) is 8.26. The smallest absolute Gasteiger partial charge is 0.0916 e. The van der Waals surface area contributed by atoms with Crippen LogP contribution in [0.4, 0.5) is 0 Å². The van der Waals surface area contributed by atoms with Gasteiger partial charge in [0.1, 0.15) is 0 Å². The minimum absolute atomic E-state index is 0.000455. The molecule has 2 rings (SSSR count). The van der Waals surface area contributed by atoms with Crippen LogP contribution in [0.15, 0.2) is 31.0 Å². The molecule has 0 bridgehead atoms. The highest BCUT2D eigenvalue weighted by atomic mass is 15.3. The van der Waals surface area contributed by atoms with E-state index in [9.17, 15) is 0 Å². The summed E-state index contributed by atoms with van der Waals surface area (Å²) in [6.07, 6.45) is 8.89. The minimum Gasteiger partial charge on any atom is -0.267 e. The monoisotopic (exact) mass is 202 g/mol. The first kappa shape index (κ1) is 9.83. The van der Waals surface area contributed by atoms with E-state index in [1.807, 2.05) is 17.1 Å². The molecule has 78 valence electrons. The van der Waals surface area contributed by atoms with Gasteiger partial charge in [0.15, 0.2) is 0 Å². The van der Waals surface area contributed by atoms with Crippen molar-refractivity contribution in [1.82, 2.24) is 19.7 Å². The molecule has 0 aliphatic heterocycles. The molecule has 0 N–H and O–H groups in total. The van der Waals surface area contributed by atoms with Crippen LogP contribution in [0.2, 0.25) is 0 Å². The van der Waals surface area contributed by atoms with Crippen LogP contribution in [0, 0.1) is 0 Å². The number of hydrogen-bond donors (Lipinski definition) is 0. The molecule has 0 aliphatic rings. The van der Waals surface area contributed by atoms with Gasteiger partial charge < -0.3 is 0 Å². The Bertz CT molecular complexity index is 439. The van der Waals surface area contributed by atoms with E-state index in [4.69, 9.17) is 0 Å². The summed E-state index contributed by atoms with van der Waals surface area (Å²) in [6, 6.07) is 0. The Morgan fingerprint density at radius 3 is 2.47 bits per heavy atom. The molecule has 0 amide bonds. The van der Waals surface area contributed by atoms with Crippen molar-refractivity contribution in [2.75, 3.05) is 0 Å². The maximum atomic E-state index is 4.31. The first-order valence-corrected chi connectivity index (χ1v) is 4.89. The molecule has 0 fully saturated rings. The summed E-state index contributed by atoms with van der Waals surface area (Å²) in [5, 5.41) is 4.31. The molecule has 2 aromatic heterocycles. The lowest BCUT2D eigenvalue weighted by Gasteiger charge is -2.18. The highest BCUT2D eigenvalue weighted by Gasteiger charge is 2.14. The predicted octanol–water partition coefficient (Wildman–Crippen LogP) is 2.10. The number of rotatable bonds is 1. The van der Waals surface area contributed by atoms with E-state index in [1.54, 1.807) is 18.6 Å². The van der Waals surface area contributed by atoms with Gasteiger partial charge in [-0.1, -0.05) is 0 Å². The Morgan fingerprint density at radius 2 is 1.93 bits per heavy atom. The second kappa shape index (κ2) is 3.46. The van der Waals surface area contributed by atoms with Crippen LogP contribution < -0.4 is 0 Å². The molecule has 0 unspecified atom stereocenters. The summed E-state index contributed by atoms with van der Waals surface area (Å²) in [6.45, 7) is 6.33. The molecular formula is C11H14N4. The maximum Gasteiger partial charge on any atom is 0.0916 e. The van der Waals surface area contributed by atoms with Crippen LogP contribution in [0.1, 0.15) is 20.8 Å². The average Bonchev–Trinajstić information content (AvgIpc) is 2.67. The van der Waals surface area contributed by atoms with Gasteiger partial charge in [0.2, 0.25) is 0 Å². The number of nitrogens with zero attached hydrogens (tertiary/aromatic N) is 4. The summed E-state index contributed by atoms with van der Waals surface area (Å²) >= 11 is 0. The van der Waals surface area contributed by atoms with Crippen LogP contribution in [0.3, 0.4) is 0 Å². The molecular weight excluding hydrogens is 188 g/mol. The van der Waals surface area contributed by atoms with Crippen molar-refractivity contribution in [3.05, 3.63) is 31.0 Å². The lowest BCUT2D eigenvalue weighted by Crippen LogP contribution is -2.21. The zero-order valence-corrected chi connectivity index (χ0v) is 9.18. The maximum absolute atomic E-state index is 4.31. The topological polar surface area (TPSA) is 43.6 Å². The molecule has 0 atom stereocenters. The van der Waals surface area contributed by atoms with Crippen molar-refractivity contribution in [2.24, 2.45) is 0 Å². The Labute approximate surface area is 89.0 Å². The normalized spacial score (nSPS) is 11.7. The Balaban J connectivity index is 2.37. The average molecular weight is 202 g/mol. The molecule has 15 heavy (non-hydrogen) atoms. The van der Waals surface area contributed by atoms with Gasteiger partial charge in [0.25, 0.3) is 0 Å². The Kier molecular flexibility index (Phi) is 2.26. The van der Waals surface area contributed by atoms with Gasteiger partial charge in [-0.3, -0.25) is 14.6 Å². The van der Waals surface area contributed by atoms with Gasteiger partial charge in [-0.05, 0) is 20.8 Å². The second-order valence-corrected chi connectivity index (χ2v) is 4.44. The Morgan fingerprint density at radius 1 is 1.13 bits per heavy atom. The van der Waals surface area contributed by atoms with Crippen LogP contribution in [0.25, 0.3) is 11.3 Å². The van der Waals surface area contributed by atoms with Gasteiger partial charge in [-0.25, -0.2) is 0 Å². The van der Waals surface area contributed by atoms with Crippen molar-refractivity contribution in [2.45, 2.75) is 26.3 Å². The van der Waals surface area contributed by atoms with Crippen LogP contribution >= 0.6 is 0 Å². The van der Waals surface area contributed by atoms with E-state index < -0.39 is 0 Å². The van der Waals surface area contributed by atoms with Crippen molar-refractivity contribution in [1.29, 1.82) is 0 Å². The predicted molar refractivity (Wildman–Crippen MR) is 58.2 cm³/mol. The first-order chi connectivity index (χ1) is 7.07. The van der Waals surface area contributed by atoms with Crippen LogP contribution in [0.5, 0.6) is 0 Å². The van der Waals surface area contributed by atoms with E-state index >= 15 is 0 Å². The second-order valence-electron chi connectivity index (χ2n) is 4.44. The summed E-state index contributed by atoms with van der Waals surface area (Å²) < 4.78 is 1.93. The SMILES string of the molecule is CC(C)(C)n1cc(-c2cnccn2)cn1. The van der Waals surface area contributed by atoms with Crippen LogP contribution in [-0.2, 0) is 5.54 Å². The lowest BCUT2D eigenvalue weighted by atomic mass is 10.1. The third-order valence-electron chi connectivity index (χ3n) is 2.13. The van der Waals surface area contributed by atoms with E-state index in [1.165, 1.54) is 0 Å². The molecule has 0 radical (unpaired) electrons. The standard InChI is InChI=1S/C11H14N4/c1-11(2,3)15-8-9(6-14-15)10-7-12-4-5-13-10/h4-8H,1-3H3. The van der Waals surface area contributed by atoms with Crippen molar-refractivity contribution < 1.29 is 0 Å². The molecule has 0 saturated carbocycles. The van der Waals surface area contributed by atoms with Crippen molar-refractivity contribution >= 4 is 0 Å².